The SMILES string of the molecule is Cc1c(C(=O)N[C@H](C)CN)cccc1[N+](=O)[O-]. The lowest BCUT2D eigenvalue weighted by molar-refractivity contribution is -0.385. The van der Waals surface area contributed by atoms with Gasteiger partial charge in [0.25, 0.3) is 11.6 Å². The highest BCUT2D eigenvalue weighted by atomic mass is 16.6. The number of rotatable bonds is 4. The Labute approximate surface area is 99.0 Å². The number of nitro benzene ring substituents is 1. The van der Waals surface area contributed by atoms with E-state index in [9.17, 15) is 14.9 Å². The van der Waals surface area contributed by atoms with Crippen LogP contribution in [-0.4, -0.2) is 23.4 Å². The number of carbonyl (C=O) groups excluding carboxylic acids is 1. The highest BCUT2D eigenvalue weighted by Crippen LogP contribution is 2.20. The quantitative estimate of drug-likeness (QED) is 0.602. The zero-order valence-corrected chi connectivity index (χ0v) is 9.77. The number of carbonyl (C=O) groups is 1. The Morgan fingerprint density at radius 2 is 2.24 bits per heavy atom. The van der Waals surface area contributed by atoms with E-state index in [0.717, 1.165) is 0 Å². The van der Waals surface area contributed by atoms with Crippen LogP contribution in [0.1, 0.15) is 22.8 Å². The molecule has 1 aromatic carbocycles. The number of hydrogen-bond acceptors (Lipinski definition) is 4. The Bertz CT molecular complexity index is 446. The van der Waals surface area contributed by atoms with Gasteiger partial charge in [-0.3, -0.25) is 14.9 Å². The normalized spacial score (nSPS) is 11.9. The fraction of sp³-hybridized carbons (Fsp3) is 0.364. The second-order valence-corrected chi connectivity index (χ2v) is 3.82. The molecule has 0 bridgehead atoms. The molecule has 17 heavy (non-hydrogen) atoms. The molecule has 0 heterocycles. The summed E-state index contributed by atoms with van der Waals surface area (Å²) in [5.41, 5.74) is 6.00. The van der Waals surface area contributed by atoms with Crippen molar-refractivity contribution in [2.75, 3.05) is 6.54 Å². The minimum Gasteiger partial charge on any atom is -0.348 e. The van der Waals surface area contributed by atoms with Crippen LogP contribution in [0.3, 0.4) is 0 Å². The second kappa shape index (κ2) is 5.40. The average Bonchev–Trinajstić information content (AvgIpc) is 2.28. The van der Waals surface area contributed by atoms with Crippen molar-refractivity contribution in [1.82, 2.24) is 5.32 Å². The van der Waals surface area contributed by atoms with Crippen molar-refractivity contribution in [3.05, 3.63) is 39.4 Å². The van der Waals surface area contributed by atoms with Crippen LogP contribution in [0.4, 0.5) is 5.69 Å². The summed E-state index contributed by atoms with van der Waals surface area (Å²) in [4.78, 5) is 22.0. The highest BCUT2D eigenvalue weighted by molar-refractivity contribution is 5.96. The minimum atomic E-state index is -0.502. The minimum absolute atomic E-state index is 0.0574. The van der Waals surface area contributed by atoms with E-state index < -0.39 is 4.92 Å². The Morgan fingerprint density at radius 1 is 1.59 bits per heavy atom. The van der Waals surface area contributed by atoms with Crippen LogP contribution in [-0.2, 0) is 0 Å². The molecule has 1 amide bonds. The van der Waals surface area contributed by atoms with Gasteiger partial charge in [-0.05, 0) is 19.9 Å². The first-order valence-corrected chi connectivity index (χ1v) is 5.22. The third kappa shape index (κ3) is 3.01. The van der Waals surface area contributed by atoms with Gasteiger partial charge < -0.3 is 11.1 Å². The summed E-state index contributed by atoms with van der Waals surface area (Å²) in [5, 5.41) is 13.4. The van der Waals surface area contributed by atoms with E-state index in [1.54, 1.807) is 19.9 Å². The molecule has 0 fully saturated rings. The summed E-state index contributed by atoms with van der Waals surface area (Å²) in [5.74, 6) is -0.343. The summed E-state index contributed by atoms with van der Waals surface area (Å²) in [6.07, 6.45) is 0. The summed E-state index contributed by atoms with van der Waals surface area (Å²) >= 11 is 0. The molecule has 0 unspecified atom stereocenters. The molecule has 6 heteroatoms. The van der Waals surface area contributed by atoms with Crippen molar-refractivity contribution >= 4 is 11.6 Å². The molecule has 0 saturated carbocycles. The lowest BCUT2D eigenvalue weighted by atomic mass is 10.1. The van der Waals surface area contributed by atoms with Gasteiger partial charge in [0, 0.05) is 29.8 Å². The van der Waals surface area contributed by atoms with E-state index >= 15 is 0 Å². The van der Waals surface area contributed by atoms with Gasteiger partial charge in [0.2, 0.25) is 0 Å². The molecule has 0 aliphatic heterocycles. The standard InChI is InChI=1S/C11H15N3O3/c1-7(6-12)13-11(15)9-4-3-5-10(8(9)2)14(16)17/h3-5,7H,6,12H2,1-2H3,(H,13,15)/t7-/m1/s1. The lowest BCUT2D eigenvalue weighted by Gasteiger charge is -2.12. The fourth-order valence-corrected chi connectivity index (χ4v) is 1.43. The molecule has 0 spiro atoms. The monoisotopic (exact) mass is 237 g/mol. The third-order valence-corrected chi connectivity index (χ3v) is 2.48. The van der Waals surface area contributed by atoms with Crippen LogP contribution in [0.2, 0.25) is 0 Å². The first-order chi connectivity index (χ1) is 7.97. The molecule has 6 nitrogen and oxygen atoms in total. The summed E-state index contributed by atoms with van der Waals surface area (Å²) in [6, 6.07) is 4.26. The number of nitro groups is 1. The van der Waals surface area contributed by atoms with Crippen LogP contribution in [0, 0.1) is 17.0 Å². The summed E-state index contributed by atoms with van der Waals surface area (Å²) < 4.78 is 0. The van der Waals surface area contributed by atoms with Crippen molar-refractivity contribution in [2.45, 2.75) is 19.9 Å². The van der Waals surface area contributed by atoms with Crippen LogP contribution in [0.15, 0.2) is 18.2 Å². The average molecular weight is 237 g/mol. The smallest absolute Gasteiger partial charge is 0.273 e. The number of benzene rings is 1. The zero-order chi connectivity index (χ0) is 13.0. The summed E-state index contributed by atoms with van der Waals surface area (Å²) in [7, 11) is 0. The van der Waals surface area contributed by atoms with E-state index in [4.69, 9.17) is 5.73 Å². The predicted molar refractivity (Wildman–Crippen MR) is 63.8 cm³/mol. The molecule has 0 aromatic heterocycles. The maximum atomic E-state index is 11.8. The molecule has 0 saturated heterocycles. The number of nitrogens with two attached hydrogens (primary N) is 1. The Morgan fingerprint density at radius 3 is 2.76 bits per heavy atom. The van der Waals surface area contributed by atoms with Crippen molar-refractivity contribution < 1.29 is 9.72 Å². The molecule has 92 valence electrons. The van der Waals surface area contributed by atoms with Crippen molar-refractivity contribution in [3.63, 3.8) is 0 Å². The van der Waals surface area contributed by atoms with Gasteiger partial charge in [0.1, 0.15) is 0 Å². The molecular formula is C11H15N3O3. The molecular weight excluding hydrogens is 222 g/mol. The number of nitrogens with zero attached hydrogens (tertiary/aromatic N) is 1. The molecule has 1 aromatic rings. The first-order valence-electron chi connectivity index (χ1n) is 5.22. The number of hydrogen-bond donors (Lipinski definition) is 2. The van der Waals surface area contributed by atoms with Gasteiger partial charge in [-0.25, -0.2) is 0 Å². The lowest BCUT2D eigenvalue weighted by Crippen LogP contribution is -2.38. The second-order valence-electron chi connectivity index (χ2n) is 3.82. The van der Waals surface area contributed by atoms with Gasteiger partial charge in [-0.1, -0.05) is 6.07 Å². The van der Waals surface area contributed by atoms with Gasteiger partial charge in [-0.2, -0.15) is 0 Å². The van der Waals surface area contributed by atoms with Gasteiger partial charge in [-0.15, -0.1) is 0 Å². The molecule has 0 radical (unpaired) electrons. The number of nitrogens with one attached hydrogen (secondary N) is 1. The Hall–Kier alpha value is -1.95. The molecule has 0 aliphatic rings. The molecule has 3 N–H and O–H groups in total. The predicted octanol–water partition coefficient (Wildman–Crippen LogP) is 0.980. The van der Waals surface area contributed by atoms with E-state index in [0.29, 0.717) is 17.7 Å². The third-order valence-electron chi connectivity index (χ3n) is 2.48. The van der Waals surface area contributed by atoms with Crippen LogP contribution >= 0.6 is 0 Å². The number of amides is 1. The zero-order valence-electron chi connectivity index (χ0n) is 9.77. The van der Waals surface area contributed by atoms with E-state index in [1.807, 2.05) is 0 Å². The van der Waals surface area contributed by atoms with Crippen LogP contribution in [0.25, 0.3) is 0 Å². The Balaban J connectivity index is 3.02. The molecule has 0 aliphatic carbocycles. The first kappa shape index (κ1) is 13.1. The molecule has 1 atom stereocenters. The van der Waals surface area contributed by atoms with Gasteiger partial charge >= 0.3 is 0 Å². The topological polar surface area (TPSA) is 98.3 Å². The van der Waals surface area contributed by atoms with Gasteiger partial charge in [0.05, 0.1) is 4.92 Å². The largest absolute Gasteiger partial charge is 0.348 e. The maximum absolute atomic E-state index is 11.8. The van der Waals surface area contributed by atoms with Crippen molar-refractivity contribution in [1.29, 1.82) is 0 Å². The highest BCUT2D eigenvalue weighted by Gasteiger charge is 2.18. The summed E-state index contributed by atoms with van der Waals surface area (Å²) in [6.45, 7) is 3.64. The fourth-order valence-electron chi connectivity index (χ4n) is 1.43. The molecule has 1 rings (SSSR count). The van der Waals surface area contributed by atoms with Crippen molar-refractivity contribution in [3.8, 4) is 0 Å². The Kier molecular flexibility index (Phi) is 4.17. The van der Waals surface area contributed by atoms with Gasteiger partial charge in [0.15, 0.2) is 0 Å². The van der Waals surface area contributed by atoms with E-state index in [2.05, 4.69) is 5.32 Å². The maximum Gasteiger partial charge on any atom is 0.273 e. The van der Waals surface area contributed by atoms with Crippen LogP contribution < -0.4 is 11.1 Å². The van der Waals surface area contributed by atoms with Crippen molar-refractivity contribution in [2.24, 2.45) is 5.73 Å². The van der Waals surface area contributed by atoms with E-state index in [-0.39, 0.29) is 17.6 Å². The van der Waals surface area contributed by atoms with Crippen LogP contribution in [0.5, 0.6) is 0 Å². The van der Waals surface area contributed by atoms with E-state index in [1.165, 1.54) is 12.1 Å².